The molecule has 7 aliphatic rings. The molecular weight excluding hydrogens is 736 g/mol. The molecule has 1 unspecified atom stereocenters. The van der Waals surface area contributed by atoms with Crippen molar-refractivity contribution in [2.24, 2.45) is 17.8 Å². The fourth-order valence-electron chi connectivity index (χ4n) is 10.5. The van der Waals surface area contributed by atoms with E-state index in [9.17, 15) is 30.3 Å². The first-order valence-corrected chi connectivity index (χ1v) is 21.7. The van der Waals surface area contributed by atoms with Gasteiger partial charge in [-0.1, -0.05) is 45.1 Å². The second kappa shape index (κ2) is 17.0. The highest BCUT2D eigenvalue weighted by molar-refractivity contribution is 5.76. The minimum Gasteiger partial charge on any atom is -0.479 e. The van der Waals surface area contributed by atoms with Gasteiger partial charge in [0, 0.05) is 38.0 Å². The lowest BCUT2D eigenvalue weighted by molar-refractivity contribution is -0.321. The minimum absolute atomic E-state index is 0.0423. The lowest BCUT2D eigenvalue weighted by Crippen LogP contribution is -2.60. The predicted molar refractivity (Wildman–Crippen MR) is 208 cm³/mol. The SMILES string of the molecule is C=C1[C@@H](O)[C@@H]2O[C@]3(CC[C@H](/C=C/[C@@H](C)[C@H]4CC(C)=C[C@@]5(O[C@H](C[C@@](C)(O)C(=O)O)CCC5O)O4)O3)CC[C@H]2O[C@H]1[C@@H](O)C[C@H](C)[C@H]1O[C@@]2(CCCCO2)CC[C@H]1C. The normalized spacial score (nSPS) is 45.4. The predicted octanol–water partition coefficient (Wildman–Crippen LogP) is 5.21. The van der Waals surface area contributed by atoms with Crippen LogP contribution in [-0.4, -0.2) is 122 Å². The molecule has 7 heterocycles. The Balaban J connectivity index is 0.920. The van der Waals surface area contributed by atoms with Crippen molar-refractivity contribution in [2.45, 2.75) is 209 Å². The maximum absolute atomic E-state index is 11.6. The Morgan fingerprint density at radius 3 is 2.49 bits per heavy atom. The largest absolute Gasteiger partial charge is 0.479 e. The summed E-state index contributed by atoms with van der Waals surface area (Å²) < 4.78 is 45.2. The number of aliphatic hydroxyl groups excluding tert-OH is 3. The molecule has 3 spiro atoms. The van der Waals surface area contributed by atoms with Gasteiger partial charge in [-0.2, -0.15) is 0 Å². The quantitative estimate of drug-likeness (QED) is 0.182. The van der Waals surface area contributed by atoms with Crippen molar-refractivity contribution in [3.8, 4) is 0 Å². The van der Waals surface area contributed by atoms with E-state index in [4.69, 9.17) is 33.2 Å². The highest BCUT2D eigenvalue weighted by Gasteiger charge is 2.55. The van der Waals surface area contributed by atoms with E-state index in [-0.39, 0.29) is 36.6 Å². The summed E-state index contributed by atoms with van der Waals surface area (Å²) >= 11 is 0. The number of aliphatic hydroxyl groups is 4. The standard InChI is InChI=1S/C44H68O13/c1-25-21-34(55-44(23-25)35(46)12-11-31(54-44)24-41(6,50)40(48)49)26(2)9-10-30-14-18-43(53-30)19-15-33-39(57-43)36(47)29(5)38(52-33)32(45)22-28(4)37-27(3)13-17-42(56-37)16-7-8-20-51-42/h9-10,23,26-28,30-39,45-47,50H,5,7-8,11-22,24H2,1-4,6H3,(H,48,49)/b10-9+/t26-,27-,28+,30+,31+,32+,33-,34-,35?,36-,37+,38-,39-,41-,42+,43-,44-/m1/s1. The second-order valence-electron chi connectivity index (χ2n) is 18.9. The van der Waals surface area contributed by atoms with Crippen LogP contribution in [0.5, 0.6) is 0 Å². The van der Waals surface area contributed by atoms with E-state index in [0.717, 1.165) is 50.7 Å². The van der Waals surface area contributed by atoms with Crippen LogP contribution >= 0.6 is 0 Å². The number of fused-ring (bicyclic) bond motifs is 1. The molecule has 6 fully saturated rings. The zero-order valence-corrected chi connectivity index (χ0v) is 34.6. The molecule has 0 amide bonds. The summed E-state index contributed by atoms with van der Waals surface area (Å²) in [7, 11) is 0. The molecule has 13 heteroatoms. The van der Waals surface area contributed by atoms with Crippen molar-refractivity contribution in [3.63, 3.8) is 0 Å². The van der Waals surface area contributed by atoms with Gasteiger partial charge in [0.1, 0.15) is 24.4 Å². The van der Waals surface area contributed by atoms with Gasteiger partial charge in [-0.3, -0.25) is 0 Å². The Labute approximate surface area is 337 Å². The molecule has 0 aromatic heterocycles. The molecule has 322 valence electrons. The molecule has 0 bridgehead atoms. The minimum atomic E-state index is -1.96. The number of aliphatic carboxylic acids is 1. The summed E-state index contributed by atoms with van der Waals surface area (Å²) in [5, 5.41) is 54.0. The smallest absolute Gasteiger partial charge is 0.335 e. The topological polar surface area (TPSA) is 183 Å². The van der Waals surface area contributed by atoms with E-state index in [1.807, 2.05) is 19.9 Å². The number of carboxylic acids is 1. The van der Waals surface area contributed by atoms with Crippen LogP contribution in [0.15, 0.2) is 36.0 Å². The fourth-order valence-corrected chi connectivity index (χ4v) is 10.5. The van der Waals surface area contributed by atoms with E-state index < -0.39 is 71.7 Å². The molecule has 13 nitrogen and oxygen atoms in total. The average molecular weight is 805 g/mol. The Morgan fingerprint density at radius 1 is 1.00 bits per heavy atom. The molecule has 17 atom stereocenters. The van der Waals surface area contributed by atoms with Crippen molar-refractivity contribution in [1.82, 2.24) is 0 Å². The van der Waals surface area contributed by atoms with E-state index in [1.54, 1.807) is 6.08 Å². The monoisotopic (exact) mass is 804 g/mol. The first-order valence-electron chi connectivity index (χ1n) is 21.7. The summed E-state index contributed by atoms with van der Waals surface area (Å²) in [6, 6.07) is 0. The number of hydrogen-bond acceptors (Lipinski definition) is 12. The van der Waals surface area contributed by atoms with E-state index in [0.29, 0.717) is 56.4 Å². The molecule has 57 heavy (non-hydrogen) atoms. The Bertz CT molecular complexity index is 1510. The van der Waals surface area contributed by atoms with Crippen LogP contribution < -0.4 is 0 Å². The molecule has 0 aromatic carbocycles. The third-order valence-electron chi connectivity index (χ3n) is 14.0. The van der Waals surface area contributed by atoms with Crippen LogP contribution in [0.1, 0.15) is 125 Å². The Hall–Kier alpha value is -1.75. The highest BCUT2D eigenvalue weighted by atomic mass is 16.7. The third kappa shape index (κ3) is 9.15. The number of carbonyl (C=O) groups is 1. The molecule has 7 aliphatic heterocycles. The number of rotatable bonds is 10. The number of hydrogen-bond donors (Lipinski definition) is 5. The third-order valence-corrected chi connectivity index (χ3v) is 14.0. The fraction of sp³-hybridized carbons (Fsp3) is 0.841. The van der Waals surface area contributed by atoms with Gasteiger partial charge in [0.25, 0.3) is 0 Å². The second-order valence-corrected chi connectivity index (χ2v) is 18.9. The molecule has 0 aliphatic carbocycles. The van der Waals surface area contributed by atoms with Crippen molar-refractivity contribution in [1.29, 1.82) is 0 Å². The highest BCUT2D eigenvalue weighted by Crippen LogP contribution is 2.47. The van der Waals surface area contributed by atoms with Crippen LogP contribution in [0.3, 0.4) is 0 Å². The molecule has 7 rings (SSSR count). The van der Waals surface area contributed by atoms with E-state index in [1.165, 1.54) is 6.92 Å². The molecular formula is C44H68O13. The van der Waals surface area contributed by atoms with Crippen LogP contribution in [-0.2, 0) is 38.0 Å². The summed E-state index contributed by atoms with van der Waals surface area (Å²) in [5.41, 5.74) is -0.551. The van der Waals surface area contributed by atoms with E-state index >= 15 is 0 Å². The van der Waals surface area contributed by atoms with Gasteiger partial charge in [-0.15, -0.1) is 0 Å². The Kier molecular flexibility index (Phi) is 12.9. The van der Waals surface area contributed by atoms with Gasteiger partial charge in [-0.25, -0.2) is 4.79 Å². The van der Waals surface area contributed by atoms with Gasteiger partial charge in [0.15, 0.2) is 17.2 Å². The van der Waals surface area contributed by atoms with Gasteiger partial charge in [0.05, 0.1) is 43.2 Å². The maximum Gasteiger partial charge on any atom is 0.335 e. The van der Waals surface area contributed by atoms with Crippen molar-refractivity contribution < 1.29 is 63.5 Å². The van der Waals surface area contributed by atoms with Crippen molar-refractivity contribution >= 4 is 5.97 Å². The van der Waals surface area contributed by atoms with Crippen LogP contribution in [0, 0.1) is 17.8 Å². The lowest BCUT2D eigenvalue weighted by atomic mass is 9.79. The van der Waals surface area contributed by atoms with Crippen molar-refractivity contribution in [3.05, 3.63) is 36.0 Å². The van der Waals surface area contributed by atoms with Gasteiger partial charge in [-0.05, 0) is 95.1 Å². The molecule has 0 aromatic rings. The zero-order chi connectivity index (χ0) is 40.9. The Morgan fingerprint density at radius 2 is 1.75 bits per heavy atom. The zero-order valence-electron chi connectivity index (χ0n) is 34.6. The maximum atomic E-state index is 11.6. The van der Waals surface area contributed by atoms with Gasteiger partial charge >= 0.3 is 5.97 Å². The number of ether oxygens (including phenoxy) is 7. The van der Waals surface area contributed by atoms with E-state index in [2.05, 4.69) is 26.5 Å². The van der Waals surface area contributed by atoms with Gasteiger partial charge < -0.3 is 58.7 Å². The van der Waals surface area contributed by atoms with Gasteiger partial charge in [0.2, 0.25) is 5.79 Å². The van der Waals surface area contributed by atoms with Crippen LogP contribution in [0.25, 0.3) is 0 Å². The number of carboxylic acid groups (broad SMARTS) is 1. The first kappa shape index (κ1) is 43.3. The molecule has 5 N–H and O–H groups in total. The molecule has 6 saturated heterocycles. The summed E-state index contributed by atoms with van der Waals surface area (Å²) in [6.07, 6.45) is 9.37. The van der Waals surface area contributed by atoms with Crippen LogP contribution in [0.4, 0.5) is 0 Å². The van der Waals surface area contributed by atoms with Crippen molar-refractivity contribution in [2.75, 3.05) is 6.61 Å². The summed E-state index contributed by atoms with van der Waals surface area (Å²) in [5.74, 6) is -3.82. The first-order chi connectivity index (χ1) is 26.9. The van der Waals surface area contributed by atoms with Crippen LogP contribution in [0.2, 0.25) is 0 Å². The summed E-state index contributed by atoms with van der Waals surface area (Å²) in [6.45, 7) is 14.5. The average Bonchev–Trinajstić information content (AvgIpc) is 3.56. The lowest BCUT2D eigenvalue weighted by Gasteiger charge is -2.50. The molecule has 0 radical (unpaired) electrons. The summed E-state index contributed by atoms with van der Waals surface area (Å²) in [4.78, 5) is 11.6. The molecule has 0 saturated carbocycles.